The van der Waals surface area contributed by atoms with Crippen LogP contribution < -0.4 is 5.73 Å². The molecule has 1 aliphatic carbocycles. The first kappa shape index (κ1) is 14.7. The molecule has 0 aliphatic heterocycles. The van der Waals surface area contributed by atoms with Crippen LogP contribution in [0, 0.1) is 0 Å². The van der Waals surface area contributed by atoms with Gasteiger partial charge in [0.1, 0.15) is 0 Å². The average Bonchev–Trinajstić information content (AvgIpc) is 2.29. The minimum Gasteiger partial charge on any atom is -0.398 e. The zero-order valence-electron chi connectivity index (χ0n) is 11.1. The van der Waals surface area contributed by atoms with Crippen molar-refractivity contribution in [3.8, 4) is 0 Å². The highest BCUT2D eigenvalue weighted by Gasteiger charge is 2.30. The van der Waals surface area contributed by atoms with Gasteiger partial charge in [-0.05, 0) is 25.0 Å². The molecule has 2 rings (SSSR count). The summed E-state index contributed by atoms with van der Waals surface area (Å²) in [5.74, 6) is 0.701. The predicted octanol–water partition coefficient (Wildman–Crippen LogP) is 2.18. The molecule has 0 aromatic heterocycles. The first-order valence-corrected chi connectivity index (χ1v) is 9.03. The van der Waals surface area contributed by atoms with E-state index in [4.69, 9.17) is 5.73 Å². The number of sulfonamides is 1. The van der Waals surface area contributed by atoms with E-state index in [9.17, 15) is 8.42 Å². The number of hydrogen-bond acceptors (Lipinski definition) is 4. The molecule has 1 aliphatic rings. The Bertz CT molecular complexity index is 527. The van der Waals surface area contributed by atoms with Gasteiger partial charge in [-0.25, -0.2) is 12.7 Å². The Morgan fingerprint density at radius 3 is 2.63 bits per heavy atom. The van der Waals surface area contributed by atoms with E-state index in [1.165, 1.54) is 11.8 Å². The fourth-order valence-corrected chi connectivity index (χ4v) is 4.75. The number of nitrogens with zero attached hydrogens (tertiary/aromatic N) is 1. The maximum atomic E-state index is 12.1. The molecule has 0 amide bonds. The Hall–Kier alpha value is -0.720. The summed E-state index contributed by atoms with van der Waals surface area (Å²) in [6, 6.07) is 7.75. The quantitative estimate of drug-likeness (QED) is 0.646. The van der Waals surface area contributed by atoms with E-state index in [1.54, 1.807) is 11.4 Å². The van der Waals surface area contributed by atoms with Gasteiger partial charge in [-0.1, -0.05) is 18.6 Å². The van der Waals surface area contributed by atoms with E-state index in [0.717, 1.165) is 24.2 Å². The van der Waals surface area contributed by atoms with E-state index >= 15 is 0 Å². The van der Waals surface area contributed by atoms with Crippen LogP contribution in [0.2, 0.25) is 0 Å². The van der Waals surface area contributed by atoms with Crippen LogP contribution in [-0.2, 0) is 10.0 Å². The lowest BCUT2D eigenvalue weighted by molar-refractivity contribution is 0.250. The lowest BCUT2D eigenvalue weighted by atomic mass is 9.94. The van der Waals surface area contributed by atoms with Crippen molar-refractivity contribution in [2.24, 2.45) is 0 Å². The van der Waals surface area contributed by atoms with Crippen molar-refractivity contribution in [2.75, 3.05) is 24.3 Å². The van der Waals surface area contributed by atoms with Gasteiger partial charge in [0.15, 0.2) is 0 Å². The highest BCUT2D eigenvalue weighted by atomic mass is 32.2. The monoisotopic (exact) mass is 300 g/mol. The van der Waals surface area contributed by atoms with Crippen molar-refractivity contribution >= 4 is 27.5 Å². The molecule has 1 aromatic carbocycles. The molecule has 0 saturated heterocycles. The molecule has 0 radical (unpaired) electrons. The molecule has 4 nitrogen and oxygen atoms in total. The van der Waals surface area contributed by atoms with Gasteiger partial charge in [0.05, 0.1) is 5.75 Å². The largest absolute Gasteiger partial charge is 0.398 e. The normalized spacial score (nSPS) is 16.5. The SMILES string of the molecule is CN(C1CCC1)S(=O)(=O)CCSc1ccccc1N. The van der Waals surface area contributed by atoms with Gasteiger partial charge < -0.3 is 5.73 Å². The van der Waals surface area contributed by atoms with Crippen molar-refractivity contribution in [1.82, 2.24) is 4.31 Å². The molecule has 0 unspecified atom stereocenters. The van der Waals surface area contributed by atoms with E-state index in [-0.39, 0.29) is 11.8 Å². The fraction of sp³-hybridized carbons (Fsp3) is 0.538. The minimum absolute atomic E-state index is 0.166. The van der Waals surface area contributed by atoms with Crippen LogP contribution in [0.3, 0.4) is 0 Å². The maximum Gasteiger partial charge on any atom is 0.214 e. The highest BCUT2D eigenvalue weighted by Crippen LogP contribution is 2.27. The summed E-state index contributed by atoms with van der Waals surface area (Å²) in [6.07, 6.45) is 3.13. The summed E-state index contributed by atoms with van der Waals surface area (Å²) in [7, 11) is -1.44. The van der Waals surface area contributed by atoms with Gasteiger partial charge in [-0.3, -0.25) is 0 Å². The van der Waals surface area contributed by atoms with Crippen LogP contribution in [0.5, 0.6) is 0 Å². The van der Waals surface area contributed by atoms with E-state index < -0.39 is 10.0 Å². The van der Waals surface area contributed by atoms with Crippen molar-refractivity contribution < 1.29 is 8.42 Å². The van der Waals surface area contributed by atoms with Crippen LogP contribution in [0.15, 0.2) is 29.2 Å². The number of nitrogens with two attached hydrogens (primary N) is 1. The lowest BCUT2D eigenvalue weighted by Gasteiger charge is -2.33. The van der Waals surface area contributed by atoms with Crippen molar-refractivity contribution in [3.05, 3.63) is 24.3 Å². The Morgan fingerprint density at radius 1 is 1.37 bits per heavy atom. The zero-order valence-corrected chi connectivity index (χ0v) is 12.7. The summed E-state index contributed by atoms with van der Waals surface area (Å²) >= 11 is 1.50. The number of hydrogen-bond donors (Lipinski definition) is 1. The van der Waals surface area contributed by atoms with Crippen molar-refractivity contribution in [3.63, 3.8) is 0 Å². The van der Waals surface area contributed by atoms with Crippen LogP contribution in [0.4, 0.5) is 5.69 Å². The van der Waals surface area contributed by atoms with Crippen LogP contribution in [0.25, 0.3) is 0 Å². The minimum atomic E-state index is -3.13. The molecular formula is C13H20N2O2S2. The lowest BCUT2D eigenvalue weighted by Crippen LogP contribution is -2.42. The molecule has 0 atom stereocenters. The summed E-state index contributed by atoms with van der Waals surface area (Å²) < 4.78 is 25.8. The number of nitrogen functional groups attached to an aromatic ring is 1. The molecule has 1 aromatic rings. The molecule has 1 saturated carbocycles. The third kappa shape index (κ3) is 3.64. The Labute approximate surface area is 119 Å². The number of benzene rings is 1. The topological polar surface area (TPSA) is 63.4 Å². The van der Waals surface area contributed by atoms with Gasteiger partial charge in [-0.15, -0.1) is 11.8 Å². The summed E-state index contributed by atoms with van der Waals surface area (Å²) in [5, 5.41) is 0. The van der Waals surface area contributed by atoms with Crippen LogP contribution in [-0.4, -0.2) is 37.3 Å². The third-order valence-corrected chi connectivity index (χ3v) is 6.79. The van der Waals surface area contributed by atoms with Crippen LogP contribution in [0.1, 0.15) is 19.3 Å². The molecule has 19 heavy (non-hydrogen) atoms. The number of para-hydroxylation sites is 1. The maximum absolute atomic E-state index is 12.1. The van der Waals surface area contributed by atoms with E-state index in [1.807, 2.05) is 24.3 Å². The summed E-state index contributed by atoms with van der Waals surface area (Å²) in [6.45, 7) is 0. The summed E-state index contributed by atoms with van der Waals surface area (Å²) in [4.78, 5) is 0.948. The van der Waals surface area contributed by atoms with Crippen molar-refractivity contribution in [1.29, 1.82) is 0 Å². The Kier molecular flexibility index (Phi) is 4.76. The molecule has 0 heterocycles. The molecule has 0 bridgehead atoms. The van der Waals surface area contributed by atoms with Gasteiger partial charge in [-0.2, -0.15) is 0 Å². The molecule has 6 heteroatoms. The Balaban J connectivity index is 1.86. The second kappa shape index (κ2) is 6.15. The smallest absolute Gasteiger partial charge is 0.214 e. The van der Waals surface area contributed by atoms with E-state index in [0.29, 0.717) is 11.4 Å². The second-order valence-electron chi connectivity index (χ2n) is 4.80. The third-order valence-electron chi connectivity index (χ3n) is 3.55. The highest BCUT2D eigenvalue weighted by molar-refractivity contribution is 8.00. The number of rotatable bonds is 6. The molecule has 106 valence electrons. The predicted molar refractivity (Wildman–Crippen MR) is 80.8 cm³/mol. The van der Waals surface area contributed by atoms with Gasteiger partial charge in [0.2, 0.25) is 10.0 Å². The summed E-state index contributed by atoms with van der Waals surface area (Å²) in [5.41, 5.74) is 6.53. The molecular weight excluding hydrogens is 280 g/mol. The van der Waals surface area contributed by atoms with Crippen molar-refractivity contribution in [2.45, 2.75) is 30.2 Å². The first-order chi connectivity index (χ1) is 9.00. The average molecular weight is 300 g/mol. The Morgan fingerprint density at radius 2 is 2.05 bits per heavy atom. The van der Waals surface area contributed by atoms with Gasteiger partial charge in [0.25, 0.3) is 0 Å². The zero-order chi connectivity index (χ0) is 13.9. The van der Waals surface area contributed by atoms with E-state index in [2.05, 4.69) is 0 Å². The van der Waals surface area contributed by atoms with Gasteiger partial charge >= 0.3 is 0 Å². The fourth-order valence-electron chi connectivity index (χ4n) is 1.99. The second-order valence-corrected chi connectivity index (χ2v) is 8.09. The standard InChI is InChI=1S/C13H20N2O2S2/c1-15(11-5-4-6-11)19(16,17)10-9-18-13-8-3-2-7-12(13)14/h2-3,7-8,11H,4-6,9-10,14H2,1H3. The number of thioether (sulfide) groups is 1. The number of anilines is 1. The molecule has 2 N–H and O–H groups in total. The molecule has 1 fully saturated rings. The molecule has 0 spiro atoms. The van der Waals surface area contributed by atoms with Crippen LogP contribution >= 0.6 is 11.8 Å². The van der Waals surface area contributed by atoms with Gasteiger partial charge in [0, 0.05) is 29.4 Å². The first-order valence-electron chi connectivity index (χ1n) is 6.44.